The van der Waals surface area contributed by atoms with Crippen molar-refractivity contribution in [2.24, 2.45) is 5.92 Å². The summed E-state index contributed by atoms with van der Waals surface area (Å²) in [5, 5.41) is 6.93. The van der Waals surface area contributed by atoms with E-state index in [1.807, 2.05) is 0 Å². The second kappa shape index (κ2) is 9.80. The molecule has 1 N–H and O–H groups in total. The minimum atomic E-state index is -4.58. The summed E-state index contributed by atoms with van der Waals surface area (Å²) in [6.07, 6.45) is 1.55. The smallest absolute Gasteiger partial charge is 0.350 e. The lowest BCUT2D eigenvalue weighted by Gasteiger charge is -2.30. The number of likely N-dealkylation sites (tertiary alicyclic amines) is 1. The topological polar surface area (TPSA) is 67.2 Å². The Morgan fingerprint density at radius 3 is 2.44 bits per heavy atom. The minimum Gasteiger partial charge on any atom is -0.350 e. The van der Waals surface area contributed by atoms with Gasteiger partial charge in [0.2, 0.25) is 11.8 Å². The second-order valence-electron chi connectivity index (χ2n) is 9.42. The fourth-order valence-corrected chi connectivity index (χ4v) is 5.19. The molecule has 2 aliphatic rings. The van der Waals surface area contributed by atoms with Crippen LogP contribution in [0.25, 0.3) is 5.69 Å². The van der Waals surface area contributed by atoms with Crippen molar-refractivity contribution in [3.05, 3.63) is 46.8 Å². The van der Waals surface area contributed by atoms with Gasteiger partial charge in [-0.05, 0) is 63.3 Å². The molecule has 34 heavy (non-hydrogen) atoms. The first-order valence-electron chi connectivity index (χ1n) is 12.0. The van der Waals surface area contributed by atoms with Gasteiger partial charge in [0.1, 0.15) is 6.04 Å². The Balaban J connectivity index is 1.48. The number of aromatic nitrogens is 2. The number of alkyl halides is 3. The lowest BCUT2D eigenvalue weighted by molar-refractivity contribution is -0.142. The van der Waals surface area contributed by atoms with Crippen molar-refractivity contribution in [2.45, 2.75) is 77.6 Å². The monoisotopic (exact) mass is 476 g/mol. The zero-order valence-electron chi connectivity index (χ0n) is 19.6. The average molecular weight is 477 g/mol. The standard InChI is InChI=1S/C25H31F3N4O2/c1-16-13-17(2)32(30-16)20-11-10-19(21(14-20)25(26,27)28)15-29-23(33)22-9-6-12-31(22)24(34)18-7-4-3-5-8-18/h10-11,13-14,18,22H,3-9,12,15H2,1-2H3,(H,29,33). The molecule has 2 heterocycles. The van der Waals surface area contributed by atoms with Gasteiger partial charge >= 0.3 is 6.18 Å². The summed E-state index contributed by atoms with van der Waals surface area (Å²) in [6, 6.07) is 5.20. The van der Waals surface area contributed by atoms with Crippen molar-refractivity contribution >= 4 is 11.8 Å². The van der Waals surface area contributed by atoms with E-state index in [0.717, 1.165) is 50.3 Å². The molecule has 4 rings (SSSR count). The Morgan fingerprint density at radius 1 is 1.06 bits per heavy atom. The van der Waals surface area contributed by atoms with Crippen molar-refractivity contribution in [1.82, 2.24) is 20.0 Å². The van der Waals surface area contributed by atoms with Gasteiger partial charge in [-0.3, -0.25) is 9.59 Å². The lowest BCUT2D eigenvalue weighted by atomic mass is 9.88. The van der Waals surface area contributed by atoms with Gasteiger partial charge in [0.25, 0.3) is 0 Å². The number of amides is 2. The van der Waals surface area contributed by atoms with Crippen molar-refractivity contribution in [3.8, 4) is 5.69 Å². The van der Waals surface area contributed by atoms with Crippen molar-refractivity contribution in [3.63, 3.8) is 0 Å². The van der Waals surface area contributed by atoms with Gasteiger partial charge in [0, 0.05) is 24.7 Å². The Bertz CT molecular complexity index is 1060. The summed E-state index contributed by atoms with van der Waals surface area (Å²) in [7, 11) is 0. The summed E-state index contributed by atoms with van der Waals surface area (Å²) >= 11 is 0. The third-order valence-electron chi connectivity index (χ3n) is 6.90. The van der Waals surface area contributed by atoms with Gasteiger partial charge in [-0.15, -0.1) is 0 Å². The molecule has 0 bridgehead atoms. The van der Waals surface area contributed by atoms with Crippen LogP contribution in [0.3, 0.4) is 0 Å². The highest BCUT2D eigenvalue weighted by atomic mass is 19.4. The highest BCUT2D eigenvalue weighted by molar-refractivity contribution is 5.89. The van der Waals surface area contributed by atoms with Crippen LogP contribution in [-0.4, -0.2) is 39.1 Å². The first-order chi connectivity index (χ1) is 16.1. The van der Waals surface area contributed by atoms with Crippen LogP contribution in [-0.2, 0) is 22.3 Å². The Morgan fingerprint density at radius 2 is 1.79 bits per heavy atom. The van der Waals surface area contributed by atoms with Crippen molar-refractivity contribution < 1.29 is 22.8 Å². The number of nitrogens with one attached hydrogen (secondary N) is 1. The van der Waals surface area contributed by atoms with Gasteiger partial charge < -0.3 is 10.2 Å². The normalized spacial score (nSPS) is 19.4. The molecule has 1 aromatic carbocycles. The maximum atomic E-state index is 13.9. The molecule has 1 aromatic heterocycles. The van der Waals surface area contributed by atoms with E-state index in [9.17, 15) is 22.8 Å². The van der Waals surface area contributed by atoms with Crippen LogP contribution in [0.5, 0.6) is 0 Å². The number of halogens is 3. The number of carbonyl (C=O) groups is 2. The molecule has 1 aliphatic carbocycles. The number of hydrogen-bond donors (Lipinski definition) is 1. The fourth-order valence-electron chi connectivity index (χ4n) is 5.19. The molecule has 9 heteroatoms. The Kier molecular flexibility index (Phi) is 7.00. The van der Waals surface area contributed by atoms with Gasteiger partial charge in [-0.2, -0.15) is 18.3 Å². The predicted octanol–water partition coefficient (Wildman–Crippen LogP) is 4.70. The Labute approximate surface area is 197 Å². The first kappa shape index (κ1) is 24.3. The highest BCUT2D eigenvalue weighted by Crippen LogP contribution is 2.34. The maximum absolute atomic E-state index is 13.9. The zero-order valence-corrected chi connectivity index (χ0v) is 19.6. The largest absolute Gasteiger partial charge is 0.416 e. The van der Waals surface area contributed by atoms with E-state index in [4.69, 9.17) is 0 Å². The number of nitrogens with zero attached hydrogens (tertiary/aromatic N) is 3. The van der Waals surface area contributed by atoms with E-state index in [2.05, 4.69) is 10.4 Å². The quantitative estimate of drug-likeness (QED) is 0.681. The number of aryl methyl sites for hydroxylation is 2. The number of carbonyl (C=O) groups excluding carboxylic acids is 2. The predicted molar refractivity (Wildman–Crippen MR) is 121 cm³/mol. The number of hydrogen-bond acceptors (Lipinski definition) is 3. The first-order valence-corrected chi connectivity index (χ1v) is 12.0. The van der Waals surface area contributed by atoms with E-state index < -0.39 is 23.7 Å². The summed E-state index contributed by atoms with van der Waals surface area (Å²) in [4.78, 5) is 27.5. The Hall–Kier alpha value is -2.84. The third kappa shape index (κ3) is 5.13. The molecular formula is C25H31F3N4O2. The number of benzene rings is 1. The molecule has 1 aliphatic heterocycles. The van der Waals surface area contributed by atoms with Gasteiger partial charge in [0.15, 0.2) is 0 Å². The molecule has 2 aromatic rings. The second-order valence-corrected chi connectivity index (χ2v) is 9.42. The lowest BCUT2D eigenvalue weighted by Crippen LogP contribution is -2.48. The van der Waals surface area contributed by atoms with Crippen LogP contribution in [0.4, 0.5) is 13.2 Å². The molecule has 1 atom stereocenters. The molecular weight excluding hydrogens is 445 g/mol. The van der Waals surface area contributed by atoms with E-state index >= 15 is 0 Å². The summed E-state index contributed by atoms with van der Waals surface area (Å²) in [6.45, 7) is 3.83. The van der Waals surface area contributed by atoms with Crippen molar-refractivity contribution in [1.29, 1.82) is 0 Å². The molecule has 6 nitrogen and oxygen atoms in total. The molecule has 1 saturated heterocycles. The van der Waals surface area contributed by atoms with Crippen LogP contribution in [0.2, 0.25) is 0 Å². The molecule has 184 valence electrons. The van der Waals surface area contributed by atoms with E-state index in [0.29, 0.717) is 24.3 Å². The molecule has 0 spiro atoms. The van der Waals surface area contributed by atoms with Crippen LogP contribution in [0, 0.1) is 19.8 Å². The fraction of sp³-hybridized carbons (Fsp3) is 0.560. The van der Waals surface area contributed by atoms with Gasteiger partial charge in [-0.25, -0.2) is 4.68 Å². The summed E-state index contributed by atoms with van der Waals surface area (Å²) in [5.74, 6) is -0.416. The van der Waals surface area contributed by atoms with Crippen molar-refractivity contribution in [2.75, 3.05) is 6.54 Å². The summed E-state index contributed by atoms with van der Waals surface area (Å²) < 4.78 is 43.0. The number of rotatable bonds is 5. The van der Waals surface area contributed by atoms with Crippen LogP contribution in [0.1, 0.15) is 67.5 Å². The minimum absolute atomic E-state index is 0.0163. The van der Waals surface area contributed by atoms with Crippen LogP contribution >= 0.6 is 0 Å². The molecule has 0 radical (unpaired) electrons. The zero-order chi connectivity index (χ0) is 24.5. The van der Waals surface area contributed by atoms with E-state index in [1.54, 1.807) is 30.9 Å². The molecule has 1 unspecified atom stereocenters. The van der Waals surface area contributed by atoms with Crippen LogP contribution < -0.4 is 5.32 Å². The van der Waals surface area contributed by atoms with Crippen LogP contribution in [0.15, 0.2) is 24.3 Å². The highest BCUT2D eigenvalue weighted by Gasteiger charge is 2.38. The molecule has 2 fully saturated rings. The average Bonchev–Trinajstić information content (AvgIpc) is 3.43. The third-order valence-corrected chi connectivity index (χ3v) is 6.90. The SMILES string of the molecule is Cc1cc(C)n(-c2ccc(CNC(=O)C3CCCN3C(=O)C3CCCCC3)c(C(F)(F)F)c2)n1. The summed E-state index contributed by atoms with van der Waals surface area (Å²) in [5.41, 5.74) is 0.934. The molecule has 2 amide bonds. The maximum Gasteiger partial charge on any atom is 0.416 e. The van der Waals surface area contributed by atoms with E-state index in [1.165, 1.54) is 10.7 Å². The van der Waals surface area contributed by atoms with Gasteiger partial charge in [0.05, 0.1) is 16.9 Å². The van der Waals surface area contributed by atoms with Gasteiger partial charge in [-0.1, -0.05) is 25.3 Å². The molecule has 1 saturated carbocycles. The van der Waals surface area contributed by atoms with E-state index in [-0.39, 0.29) is 23.9 Å².